The molecule has 1 aliphatic heterocycles. The first-order chi connectivity index (χ1) is 13.0. The van der Waals surface area contributed by atoms with Crippen LogP contribution in [0, 0.1) is 0 Å². The first kappa shape index (κ1) is 16.7. The van der Waals surface area contributed by atoms with E-state index in [2.05, 4.69) is 5.32 Å². The molecule has 2 aliphatic rings. The van der Waals surface area contributed by atoms with Crippen molar-refractivity contribution in [1.82, 2.24) is 0 Å². The Balaban J connectivity index is 1.73. The average molecular weight is 380 g/mol. The Hall–Kier alpha value is -2.41. The van der Waals surface area contributed by atoms with E-state index in [4.69, 9.17) is 5.73 Å². The van der Waals surface area contributed by atoms with Crippen LogP contribution in [0.3, 0.4) is 0 Å². The molecule has 0 amide bonds. The Morgan fingerprint density at radius 1 is 0.852 bits per heavy atom. The molecule has 1 fully saturated rings. The molecule has 0 bridgehead atoms. The summed E-state index contributed by atoms with van der Waals surface area (Å²) in [6, 6.07) is 20.7. The molecule has 3 aromatic carbocycles. The quantitative estimate of drug-likeness (QED) is 0.594. The molecule has 5 unspecified atom stereocenters. The van der Waals surface area contributed by atoms with Crippen molar-refractivity contribution in [2.24, 2.45) is 5.73 Å². The van der Waals surface area contributed by atoms with Gasteiger partial charge in [-0.2, -0.15) is 8.42 Å². The van der Waals surface area contributed by atoms with Crippen LogP contribution < -0.4 is 11.1 Å². The SMILES string of the molecule is NC1C2Nc3ccccc3C2C(S(=O)(=O)O)C1c1cccc2ccccc12. The molecule has 3 aromatic rings. The van der Waals surface area contributed by atoms with Gasteiger partial charge in [0.15, 0.2) is 0 Å². The lowest BCUT2D eigenvalue weighted by Gasteiger charge is -2.25. The van der Waals surface area contributed by atoms with E-state index >= 15 is 0 Å². The zero-order valence-corrected chi connectivity index (χ0v) is 15.3. The fourth-order valence-corrected chi connectivity index (χ4v) is 6.45. The molecule has 5 rings (SSSR count). The second-order valence-corrected chi connectivity index (χ2v) is 9.01. The Kier molecular flexibility index (Phi) is 3.59. The van der Waals surface area contributed by atoms with Crippen LogP contribution >= 0.6 is 0 Å². The topological polar surface area (TPSA) is 92.4 Å². The van der Waals surface area contributed by atoms with Crippen LogP contribution in [-0.2, 0) is 10.1 Å². The zero-order valence-electron chi connectivity index (χ0n) is 14.5. The smallest absolute Gasteiger partial charge is 0.269 e. The predicted octanol–water partition coefficient (Wildman–Crippen LogP) is 3.10. The Morgan fingerprint density at radius 2 is 1.52 bits per heavy atom. The van der Waals surface area contributed by atoms with Gasteiger partial charge in [0.05, 0.1) is 6.04 Å². The zero-order chi connectivity index (χ0) is 18.8. The van der Waals surface area contributed by atoms with Gasteiger partial charge in [0.1, 0.15) is 5.25 Å². The van der Waals surface area contributed by atoms with Gasteiger partial charge in [-0.3, -0.25) is 4.55 Å². The van der Waals surface area contributed by atoms with E-state index in [0.717, 1.165) is 27.6 Å². The third-order valence-corrected chi connectivity index (χ3v) is 7.37. The minimum Gasteiger partial charge on any atom is -0.380 e. The molecule has 27 heavy (non-hydrogen) atoms. The summed E-state index contributed by atoms with van der Waals surface area (Å²) < 4.78 is 35.2. The van der Waals surface area contributed by atoms with Crippen molar-refractivity contribution in [3.63, 3.8) is 0 Å². The Morgan fingerprint density at radius 3 is 2.33 bits per heavy atom. The number of para-hydroxylation sites is 1. The molecule has 0 saturated heterocycles. The number of fused-ring (bicyclic) bond motifs is 4. The number of benzene rings is 3. The molecule has 0 aromatic heterocycles. The molecular formula is C21H20N2O3S. The van der Waals surface area contributed by atoms with Gasteiger partial charge in [0.2, 0.25) is 0 Å². The van der Waals surface area contributed by atoms with Crippen molar-refractivity contribution in [3.05, 3.63) is 77.9 Å². The molecular weight excluding hydrogens is 360 g/mol. The number of hydrogen-bond donors (Lipinski definition) is 3. The van der Waals surface area contributed by atoms with Crippen molar-refractivity contribution in [3.8, 4) is 0 Å². The van der Waals surface area contributed by atoms with Gasteiger partial charge in [-0.25, -0.2) is 0 Å². The number of nitrogens with two attached hydrogens (primary N) is 1. The van der Waals surface area contributed by atoms with Crippen LogP contribution in [0.2, 0.25) is 0 Å². The summed E-state index contributed by atoms with van der Waals surface area (Å²) in [4.78, 5) is 0. The molecule has 0 radical (unpaired) electrons. The molecule has 5 nitrogen and oxygen atoms in total. The molecule has 1 heterocycles. The first-order valence-electron chi connectivity index (χ1n) is 9.02. The lowest BCUT2D eigenvalue weighted by Crippen LogP contribution is -2.39. The van der Waals surface area contributed by atoms with Crippen molar-refractivity contribution in [1.29, 1.82) is 0 Å². The summed E-state index contributed by atoms with van der Waals surface area (Å²) >= 11 is 0. The highest BCUT2D eigenvalue weighted by Gasteiger charge is 2.58. The summed E-state index contributed by atoms with van der Waals surface area (Å²) in [5, 5.41) is 4.41. The van der Waals surface area contributed by atoms with Crippen molar-refractivity contribution in [2.45, 2.75) is 29.2 Å². The number of rotatable bonds is 2. The van der Waals surface area contributed by atoms with E-state index in [1.807, 2.05) is 66.7 Å². The van der Waals surface area contributed by atoms with Crippen molar-refractivity contribution >= 4 is 26.6 Å². The van der Waals surface area contributed by atoms with Crippen LogP contribution in [0.1, 0.15) is 23.0 Å². The second kappa shape index (κ2) is 5.79. The van der Waals surface area contributed by atoms with Gasteiger partial charge in [-0.05, 0) is 28.0 Å². The van der Waals surface area contributed by atoms with Gasteiger partial charge < -0.3 is 11.1 Å². The van der Waals surface area contributed by atoms with Gasteiger partial charge in [0, 0.05) is 23.6 Å². The lowest BCUT2D eigenvalue weighted by molar-refractivity contribution is 0.452. The van der Waals surface area contributed by atoms with E-state index in [-0.39, 0.29) is 12.0 Å². The van der Waals surface area contributed by atoms with E-state index < -0.39 is 27.3 Å². The summed E-state index contributed by atoms with van der Waals surface area (Å²) in [7, 11) is -4.32. The minimum absolute atomic E-state index is 0.238. The molecule has 138 valence electrons. The van der Waals surface area contributed by atoms with Crippen LogP contribution in [0.4, 0.5) is 5.69 Å². The van der Waals surface area contributed by atoms with Crippen LogP contribution in [0.15, 0.2) is 66.7 Å². The molecule has 4 N–H and O–H groups in total. The highest BCUT2D eigenvalue weighted by atomic mass is 32.2. The maximum atomic E-state index is 12.5. The Labute approximate surface area is 158 Å². The van der Waals surface area contributed by atoms with Crippen LogP contribution in [0.25, 0.3) is 10.8 Å². The van der Waals surface area contributed by atoms with Gasteiger partial charge >= 0.3 is 0 Å². The highest BCUT2D eigenvalue weighted by molar-refractivity contribution is 7.86. The maximum absolute atomic E-state index is 12.5. The summed E-state index contributed by atoms with van der Waals surface area (Å²) in [6.45, 7) is 0. The second-order valence-electron chi connectivity index (χ2n) is 7.43. The monoisotopic (exact) mass is 380 g/mol. The molecule has 1 aliphatic carbocycles. The third-order valence-electron chi connectivity index (χ3n) is 6.09. The van der Waals surface area contributed by atoms with Gasteiger partial charge in [-0.1, -0.05) is 60.7 Å². The summed E-state index contributed by atoms with van der Waals surface area (Å²) in [5.41, 5.74) is 9.29. The molecule has 5 atom stereocenters. The van der Waals surface area contributed by atoms with E-state index in [9.17, 15) is 13.0 Å². The fraction of sp³-hybridized carbons (Fsp3) is 0.238. The Bertz CT molecular complexity index is 1140. The standard InChI is InChI=1S/C21H20N2O3S/c22-19-17(14-10-5-7-12-6-1-2-8-13(12)14)21(27(24,25)26)18-15-9-3-4-11-16(15)23-20(18)19/h1-11,17-21,23H,22H2,(H,24,25,26). The minimum atomic E-state index is -4.32. The lowest BCUT2D eigenvalue weighted by atomic mass is 9.88. The molecule has 0 spiro atoms. The van der Waals surface area contributed by atoms with E-state index in [1.54, 1.807) is 0 Å². The van der Waals surface area contributed by atoms with Crippen LogP contribution in [-0.4, -0.2) is 30.3 Å². The maximum Gasteiger partial charge on any atom is 0.269 e. The number of anilines is 1. The van der Waals surface area contributed by atoms with Gasteiger partial charge in [0.25, 0.3) is 10.1 Å². The molecule has 1 saturated carbocycles. The number of nitrogens with one attached hydrogen (secondary N) is 1. The van der Waals surface area contributed by atoms with Crippen molar-refractivity contribution < 1.29 is 13.0 Å². The fourth-order valence-electron chi connectivity index (χ4n) is 5.06. The van der Waals surface area contributed by atoms with E-state index in [0.29, 0.717) is 0 Å². The average Bonchev–Trinajstić information content (AvgIpc) is 3.16. The largest absolute Gasteiger partial charge is 0.380 e. The number of hydrogen-bond acceptors (Lipinski definition) is 4. The predicted molar refractivity (Wildman–Crippen MR) is 107 cm³/mol. The third kappa shape index (κ3) is 2.41. The van der Waals surface area contributed by atoms with Crippen LogP contribution in [0.5, 0.6) is 0 Å². The van der Waals surface area contributed by atoms with Gasteiger partial charge in [-0.15, -0.1) is 0 Å². The first-order valence-corrected chi connectivity index (χ1v) is 10.5. The van der Waals surface area contributed by atoms with Crippen molar-refractivity contribution in [2.75, 3.05) is 5.32 Å². The normalized spacial score (nSPS) is 29.3. The summed E-state index contributed by atoms with van der Waals surface area (Å²) in [5.74, 6) is -0.878. The molecule has 6 heteroatoms. The summed E-state index contributed by atoms with van der Waals surface area (Å²) in [6.07, 6.45) is 0. The van der Waals surface area contributed by atoms with E-state index in [1.165, 1.54) is 0 Å². The highest BCUT2D eigenvalue weighted by Crippen LogP contribution is 2.53.